The Balaban J connectivity index is 1.79. The van der Waals surface area contributed by atoms with Crippen molar-refractivity contribution in [3.63, 3.8) is 0 Å². The first-order valence-electron chi connectivity index (χ1n) is 7.22. The molecule has 3 aliphatic rings. The number of likely N-dealkylation sites (N-methyl/N-ethyl adjacent to an activating group) is 1. The van der Waals surface area contributed by atoms with E-state index in [0.29, 0.717) is 6.42 Å². The Morgan fingerprint density at radius 2 is 2.05 bits per heavy atom. The van der Waals surface area contributed by atoms with E-state index in [1.807, 2.05) is 13.1 Å². The number of likely N-dealkylation sites (tertiary alicyclic amines) is 1. The summed E-state index contributed by atoms with van der Waals surface area (Å²) in [5.41, 5.74) is 0.546. The number of carbonyl (C=O) groups excluding carboxylic acids is 1. The zero-order valence-electron chi connectivity index (χ0n) is 12.0. The largest absolute Gasteiger partial charge is 0.586 e. The maximum Gasteiger partial charge on any atom is 0.586 e. The van der Waals surface area contributed by atoms with E-state index in [2.05, 4.69) is 14.4 Å². The topological polar surface area (TPSA) is 38.8 Å². The summed E-state index contributed by atoms with van der Waals surface area (Å²) in [7, 11) is 1.99. The van der Waals surface area contributed by atoms with Gasteiger partial charge in [0.05, 0.1) is 0 Å². The first-order valence-corrected chi connectivity index (χ1v) is 7.22. The summed E-state index contributed by atoms with van der Waals surface area (Å²) in [6.45, 7) is 0.854. The van der Waals surface area contributed by atoms with E-state index in [4.69, 9.17) is 0 Å². The Hall–Kier alpha value is -1.95. The molecule has 0 unspecified atom stereocenters. The Morgan fingerprint density at radius 1 is 1.27 bits per heavy atom. The van der Waals surface area contributed by atoms with E-state index in [0.717, 1.165) is 18.5 Å². The third kappa shape index (κ3) is 1.86. The number of nitrogens with zero attached hydrogens (tertiary/aromatic N) is 1. The van der Waals surface area contributed by atoms with Crippen molar-refractivity contribution in [3.05, 3.63) is 35.9 Å². The van der Waals surface area contributed by atoms with Gasteiger partial charge in [-0.2, -0.15) is 0 Å². The van der Waals surface area contributed by atoms with Gasteiger partial charge in [-0.3, -0.25) is 4.79 Å². The minimum absolute atomic E-state index is 0.0453. The van der Waals surface area contributed by atoms with Crippen LogP contribution in [0.3, 0.4) is 0 Å². The molecule has 2 heterocycles. The molecule has 116 valence electrons. The van der Waals surface area contributed by atoms with Gasteiger partial charge >= 0.3 is 6.29 Å². The zero-order chi connectivity index (χ0) is 15.5. The minimum Gasteiger partial charge on any atom is -0.395 e. The molecule has 2 atom stereocenters. The van der Waals surface area contributed by atoms with Crippen LogP contribution < -0.4 is 9.47 Å². The molecule has 0 amide bonds. The lowest BCUT2D eigenvalue weighted by Crippen LogP contribution is -2.43. The molecule has 0 spiro atoms. The van der Waals surface area contributed by atoms with E-state index in [1.54, 1.807) is 18.2 Å². The van der Waals surface area contributed by atoms with Crippen molar-refractivity contribution in [1.82, 2.24) is 4.90 Å². The summed E-state index contributed by atoms with van der Waals surface area (Å²) in [4.78, 5) is 13.9. The van der Waals surface area contributed by atoms with Gasteiger partial charge in [0.1, 0.15) is 0 Å². The average Bonchev–Trinajstić information content (AvgIpc) is 2.95. The highest BCUT2D eigenvalue weighted by Crippen LogP contribution is 2.48. The maximum atomic E-state index is 13.2. The van der Waals surface area contributed by atoms with Crippen LogP contribution in [0.4, 0.5) is 8.78 Å². The highest BCUT2D eigenvalue weighted by atomic mass is 19.3. The molecular formula is C16H15F2NO3. The van der Waals surface area contributed by atoms with Gasteiger partial charge in [-0.25, -0.2) is 0 Å². The normalized spacial score (nSPS) is 32.3. The second-order valence-corrected chi connectivity index (χ2v) is 6.12. The average molecular weight is 307 g/mol. The van der Waals surface area contributed by atoms with Crippen molar-refractivity contribution in [3.8, 4) is 11.5 Å². The van der Waals surface area contributed by atoms with Gasteiger partial charge in [0.15, 0.2) is 17.3 Å². The van der Waals surface area contributed by atoms with Gasteiger partial charge in [0.25, 0.3) is 0 Å². The first-order chi connectivity index (χ1) is 10.4. The molecule has 22 heavy (non-hydrogen) atoms. The molecule has 6 heteroatoms. The number of rotatable bonds is 1. The van der Waals surface area contributed by atoms with Crippen molar-refractivity contribution in [2.45, 2.75) is 30.6 Å². The fourth-order valence-corrected chi connectivity index (χ4v) is 3.78. The van der Waals surface area contributed by atoms with Crippen LogP contribution in [0, 0.1) is 0 Å². The van der Waals surface area contributed by atoms with Crippen LogP contribution in [-0.2, 0) is 10.2 Å². The Kier molecular flexibility index (Phi) is 2.67. The molecule has 4 rings (SSSR count). The van der Waals surface area contributed by atoms with E-state index in [9.17, 15) is 13.6 Å². The summed E-state index contributed by atoms with van der Waals surface area (Å²) >= 11 is 0. The molecule has 0 radical (unpaired) electrons. The van der Waals surface area contributed by atoms with Crippen LogP contribution in [-0.4, -0.2) is 36.6 Å². The van der Waals surface area contributed by atoms with Gasteiger partial charge in [-0.15, -0.1) is 8.78 Å². The Labute approximate surface area is 126 Å². The van der Waals surface area contributed by atoms with Gasteiger partial charge in [-0.05, 0) is 43.8 Å². The van der Waals surface area contributed by atoms with Crippen LogP contribution in [0.15, 0.2) is 30.4 Å². The summed E-state index contributed by atoms with van der Waals surface area (Å²) in [5.74, 6) is 0.195. The maximum absolute atomic E-state index is 13.2. The van der Waals surface area contributed by atoms with Crippen molar-refractivity contribution >= 4 is 5.78 Å². The Bertz CT molecular complexity index is 688. The summed E-state index contributed by atoms with van der Waals surface area (Å²) in [6.07, 6.45) is 1.20. The van der Waals surface area contributed by atoms with E-state index >= 15 is 0 Å². The van der Waals surface area contributed by atoms with Gasteiger partial charge in [0.2, 0.25) is 0 Å². The molecule has 0 saturated carbocycles. The van der Waals surface area contributed by atoms with Crippen LogP contribution in [0.2, 0.25) is 0 Å². The lowest BCUT2D eigenvalue weighted by molar-refractivity contribution is -0.286. The molecule has 1 aromatic rings. The summed E-state index contributed by atoms with van der Waals surface area (Å²) in [6, 6.07) is 4.96. The fourth-order valence-electron chi connectivity index (χ4n) is 3.78. The molecule has 0 N–H and O–H groups in total. The number of hydrogen-bond acceptors (Lipinski definition) is 4. The van der Waals surface area contributed by atoms with Crippen molar-refractivity contribution < 1.29 is 23.0 Å². The lowest BCUT2D eigenvalue weighted by atomic mass is 9.69. The SMILES string of the molecule is CN1CC[C@]2(c3ccc4c(c3)OC(F)(F)O4)C=CC(=O)C[C@H]12. The number of ketones is 1. The van der Waals surface area contributed by atoms with Crippen LogP contribution in [0.25, 0.3) is 0 Å². The number of halogens is 2. The summed E-state index contributed by atoms with van der Waals surface area (Å²) in [5, 5.41) is 0. The quantitative estimate of drug-likeness (QED) is 0.799. The highest BCUT2D eigenvalue weighted by molar-refractivity contribution is 5.92. The second kappa shape index (κ2) is 4.29. The van der Waals surface area contributed by atoms with Crippen molar-refractivity contribution in [2.24, 2.45) is 0 Å². The predicted octanol–water partition coefficient (Wildman–Crippen LogP) is 2.48. The number of benzene rings is 1. The lowest BCUT2D eigenvalue weighted by Gasteiger charge is -2.37. The van der Waals surface area contributed by atoms with E-state index in [-0.39, 0.29) is 28.7 Å². The van der Waals surface area contributed by atoms with Crippen molar-refractivity contribution in [2.75, 3.05) is 13.6 Å². The van der Waals surface area contributed by atoms with Gasteiger partial charge in [-0.1, -0.05) is 12.1 Å². The third-order valence-electron chi connectivity index (χ3n) is 4.90. The third-order valence-corrected chi connectivity index (χ3v) is 4.90. The monoisotopic (exact) mass is 307 g/mol. The first kappa shape index (κ1) is 13.7. The zero-order valence-corrected chi connectivity index (χ0v) is 12.0. The number of alkyl halides is 2. The minimum atomic E-state index is -3.61. The molecule has 0 aromatic heterocycles. The van der Waals surface area contributed by atoms with Crippen LogP contribution >= 0.6 is 0 Å². The summed E-state index contributed by atoms with van der Waals surface area (Å²) < 4.78 is 35.4. The number of hydrogen-bond donors (Lipinski definition) is 0. The van der Waals surface area contributed by atoms with Gasteiger partial charge in [0, 0.05) is 17.9 Å². The van der Waals surface area contributed by atoms with E-state index in [1.165, 1.54) is 6.07 Å². The molecule has 2 aliphatic heterocycles. The number of fused-ring (bicyclic) bond motifs is 2. The second-order valence-electron chi connectivity index (χ2n) is 6.12. The molecular weight excluding hydrogens is 292 g/mol. The molecule has 1 fully saturated rings. The fraction of sp³-hybridized carbons (Fsp3) is 0.438. The molecule has 1 saturated heterocycles. The number of carbonyl (C=O) groups is 1. The van der Waals surface area contributed by atoms with Crippen molar-refractivity contribution in [1.29, 1.82) is 0 Å². The van der Waals surface area contributed by atoms with Crippen LogP contribution in [0.5, 0.6) is 11.5 Å². The smallest absolute Gasteiger partial charge is 0.395 e. The number of allylic oxidation sites excluding steroid dienone is 1. The number of ether oxygens (including phenoxy) is 2. The molecule has 0 bridgehead atoms. The Morgan fingerprint density at radius 3 is 2.86 bits per heavy atom. The van der Waals surface area contributed by atoms with E-state index < -0.39 is 6.29 Å². The molecule has 4 nitrogen and oxygen atoms in total. The molecule has 1 aliphatic carbocycles. The van der Waals surface area contributed by atoms with Crippen LogP contribution in [0.1, 0.15) is 18.4 Å². The van der Waals surface area contributed by atoms with Gasteiger partial charge < -0.3 is 14.4 Å². The molecule has 1 aromatic carbocycles. The standard InChI is InChI=1S/C16H15F2NO3/c1-19-7-6-15(5-4-11(20)9-14(15)19)10-2-3-12-13(8-10)22-16(17,18)21-12/h2-5,8,14H,6-7,9H2,1H3/t14-,15-/m0/s1. The highest BCUT2D eigenvalue weighted by Gasteiger charge is 2.49. The predicted molar refractivity (Wildman–Crippen MR) is 74.1 cm³/mol.